The Hall–Kier alpha value is -5.31. The fourth-order valence-electron chi connectivity index (χ4n) is 4.64. The smallest absolute Gasteiger partial charge is 0.305 e. The van der Waals surface area contributed by atoms with Crippen molar-refractivity contribution in [1.29, 1.82) is 0 Å². The van der Waals surface area contributed by atoms with Gasteiger partial charge in [0.25, 0.3) is 0 Å². The molecule has 0 saturated heterocycles. The molecular formula is C31H41N7O8. The van der Waals surface area contributed by atoms with Crippen LogP contribution in [0.3, 0.4) is 0 Å². The first-order valence-corrected chi connectivity index (χ1v) is 14.5. The quantitative estimate of drug-likeness (QED) is 0.101. The molecule has 0 radical (unpaired) electrons. The number of benzene rings is 2. The van der Waals surface area contributed by atoms with Gasteiger partial charge in [0.15, 0.2) is 0 Å². The summed E-state index contributed by atoms with van der Waals surface area (Å²) in [6, 6.07) is 10.4. The van der Waals surface area contributed by atoms with Crippen molar-refractivity contribution in [2.45, 2.75) is 69.7 Å². The number of carbonyl (C=O) groups excluding carboxylic acids is 6. The van der Waals surface area contributed by atoms with Gasteiger partial charge < -0.3 is 43.6 Å². The lowest BCUT2D eigenvalue weighted by atomic mass is 9.84. The molecule has 0 aliphatic carbocycles. The van der Waals surface area contributed by atoms with Gasteiger partial charge in [0.1, 0.15) is 24.2 Å². The molecule has 2 aromatic carbocycles. The van der Waals surface area contributed by atoms with Crippen molar-refractivity contribution in [3.63, 3.8) is 0 Å². The molecule has 0 unspecified atom stereocenters. The number of hydrogen-bond acceptors (Lipinski definition) is 8. The molecule has 15 heteroatoms. The van der Waals surface area contributed by atoms with Crippen LogP contribution in [0.15, 0.2) is 60.7 Å². The lowest BCUT2D eigenvalue weighted by Crippen LogP contribution is -2.60. The minimum absolute atomic E-state index is 0.343. The summed E-state index contributed by atoms with van der Waals surface area (Å²) in [6.45, 7) is 4.65. The molecule has 248 valence electrons. The highest BCUT2D eigenvalue weighted by molar-refractivity contribution is 5.98. The Kier molecular flexibility index (Phi) is 13.8. The summed E-state index contributed by atoms with van der Waals surface area (Å²) in [4.78, 5) is 87.9. The molecule has 2 rings (SSSR count). The first-order valence-electron chi connectivity index (χ1n) is 14.5. The van der Waals surface area contributed by atoms with E-state index < -0.39 is 90.4 Å². The third-order valence-electron chi connectivity index (χ3n) is 7.02. The van der Waals surface area contributed by atoms with E-state index in [9.17, 15) is 33.6 Å². The van der Waals surface area contributed by atoms with Gasteiger partial charge in [-0.1, -0.05) is 74.5 Å². The number of amides is 6. The Morgan fingerprint density at radius 3 is 1.59 bits per heavy atom. The number of carboxylic acids is 1. The second-order valence-electron chi connectivity index (χ2n) is 11.1. The number of rotatable bonds is 17. The third-order valence-corrected chi connectivity index (χ3v) is 7.02. The van der Waals surface area contributed by atoms with E-state index in [0.717, 1.165) is 0 Å². The molecule has 0 aliphatic rings. The average Bonchev–Trinajstić information content (AvgIpc) is 2.99. The molecule has 0 spiro atoms. The van der Waals surface area contributed by atoms with E-state index in [-0.39, 0.29) is 5.92 Å². The zero-order valence-corrected chi connectivity index (χ0v) is 25.8. The minimum atomic E-state index is -1.60. The molecule has 15 nitrogen and oxygen atoms in total. The normalized spacial score (nSPS) is 14.2. The van der Waals surface area contributed by atoms with Crippen LogP contribution < -0.4 is 38.5 Å². The first-order chi connectivity index (χ1) is 21.6. The van der Waals surface area contributed by atoms with Crippen molar-refractivity contribution in [1.82, 2.24) is 21.3 Å². The molecule has 0 heterocycles. The number of primary amides is 2. The van der Waals surface area contributed by atoms with E-state index in [1.165, 1.54) is 6.92 Å². The lowest BCUT2D eigenvalue weighted by molar-refractivity contribution is -0.140. The summed E-state index contributed by atoms with van der Waals surface area (Å²) in [6.07, 6.45) is -1.40. The molecule has 0 saturated carbocycles. The van der Waals surface area contributed by atoms with Gasteiger partial charge in [-0.15, -0.1) is 0 Å². The average molecular weight is 640 g/mol. The van der Waals surface area contributed by atoms with Gasteiger partial charge in [-0.3, -0.25) is 33.6 Å². The monoisotopic (exact) mass is 639 g/mol. The molecule has 0 bridgehead atoms. The van der Waals surface area contributed by atoms with Crippen LogP contribution in [0.2, 0.25) is 0 Å². The van der Waals surface area contributed by atoms with Gasteiger partial charge in [0.2, 0.25) is 35.4 Å². The van der Waals surface area contributed by atoms with E-state index in [2.05, 4.69) is 21.3 Å². The van der Waals surface area contributed by atoms with Crippen molar-refractivity contribution in [2.24, 2.45) is 23.1 Å². The van der Waals surface area contributed by atoms with E-state index >= 15 is 0 Å². The molecule has 0 aliphatic heterocycles. The molecule has 46 heavy (non-hydrogen) atoms. The van der Waals surface area contributed by atoms with Crippen LogP contribution in [0.25, 0.3) is 0 Å². The second kappa shape index (κ2) is 17.2. The van der Waals surface area contributed by atoms with Gasteiger partial charge in [-0.05, 0) is 24.0 Å². The van der Waals surface area contributed by atoms with Crippen molar-refractivity contribution in [2.75, 3.05) is 0 Å². The zero-order chi connectivity index (χ0) is 34.6. The Bertz CT molecular complexity index is 1360. The fourth-order valence-corrected chi connectivity index (χ4v) is 4.64. The Balaban J connectivity index is 2.45. The topological polar surface area (TPSA) is 266 Å². The lowest BCUT2D eigenvalue weighted by Gasteiger charge is -2.30. The van der Waals surface area contributed by atoms with Gasteiger partial charge in [-0.25, -0.2) is 0 Å². The van der Waals surface area contributed by atoms with Crippen LogP contribution >= 0.6 is 0 Å². The molecule has 6 amide bonds. The van der Waals surface area contributed by atoms with Crippen molar-refractivity contribution >= 4 is 41.4 Å². The van der Waals surface area contributed by atoms with Crippen molar-refractivity contribution < 1.29 is 38.7 Å². The maximum Gasteiger partial charge on any atom is 0.305 e. The number of carboxylic acid groups (broad SMARTS) is 1. The molecule has 0 aromatic heterocycles. The van der Waals surface area contributed by atoms with Crippen molar-refractivity contribution in [3.8, 4) is 0 Å². The minimum Gasteiger partial charge on any atom is -0.481 e. The maximum absolute atomic E-state index is 14.0. The van der Waals surface area contributed by atoms with Crippen molar-refractivity contribution in [3.05, 3.63) is 71.8 Å². The Morgan fingerprint density at radius 1 is 0.652 bits per heavy atom. The molecule has 0 fully saturated rings. The van der Waals surface area contributed by atoms with Crippen LogP contribution in [0.5, 0.6) is 0 Å². The number of carbonyl (C=O) groups is 7. The maximum atomic E-state index is 14.0. The fraction of sp³-hybridized carbons (Fsp3) is 0.387. The van der Waals surface area contributed by atoms with E-state index in [1.54, 1.807) is 74.5 Å². The van der Waals surface area contributed by atoms with Crippen LogP contribution in [0, 0.1) is 5.92 Å². The number of nitrogens with one attached hydrogen (secondary N) is 4. The molecular weight excluding hydrogens is 598 g/mol. The highest BCUT2D eigenvalue weighted by atomic mass is 16.4. The predicted molar refractivity (Wildman–Crippen MR) is 166 cm³/mol. The van der Waals surface area contributed by atoms with Crippen LogP contribution in [0.1, 0.15) is 50.7 Å². The second-order valence-corrected chi connectivity index (χ2v) is 11.1. The van der Waals surface area contributed by atoms with Crippen LogP contribution in [-0.4, -0.2) is 76.7 Å². The van der Waals surface area contributed by atoms with Gasteiger partial charge >= 0.3 is 5.97 Å². The molecule has 2 aromatic rings. The zero-order valence-electron chi connectivity index (χ0n) is 25.8. The van der Waals surface area contributed by atoms with E-state index in [1.807, 2.05) is 0 Å². The standard InChI is InChI=1S/C31H41N7O8/c1-16(2)25(27(34)42)37-28(43)17(3)35-30(45)21(15-22(33)39)36-31(46)26(38-29(44)20(32)14-23(40)41)24(18-10-6-4-7-11-18)19-12-8-5-9-13-19/h4-13,16-17,20-21,24-26H,14-15,32H2,1-3H3,(H2,33,39)(H2,34,42)(H,35,45)(H,36,46)(H,37,43)(H,38,44)(H,40,41)/t17-,20-,21-,25-,26-/m0/s1. The molecule has 5 atom stereocenters. The van der Waals surface area contributed by atoms with E-state index in [0.29, 0.717) is 11.1 Å². The highest BCUT2D eigenvalue weighted by Gasteiger charge is 2.37. The summed E-state index contributed by atoms with van der Waals surface area (Å²) in [7, 11) is 0. The number of aliphatic carboxylic acids is 1. The summed E-state index contributed by atoms with van der Waals surface area (Å²) >= 11 is 0. The summed E-state index contributed by atoms with van der Waals surface area (Å²) in [5.74, 6) is -7.87. The Morgan fingerprint density at radius 2 is 1.15 bits per heavy atom. The summed E-state index contributed by atoms with van der Waals surface area (Å²) in [5, 5.41) is 18.9. The summed E-state index contributed by atoms with van der Waals surface area (Å²) < 4.78 is 0. The largest absolute Gasteiger partial charge is 0.481 e. The highest BCUT2D eigenvalue weighted by Crippen LogP contribution is 2.28. The van der Waals surface area contributed by atoms with Crippen LogP contribution in [0.4, 0.5) is 0 Å². The van der Waals surface area contributed by atoms with Gasteiger partial charge in [-0.2, -0.15) is 0 Å². The molecule has 11 N–H and O–H groups in total. The predicted octanol–water partition coefficient (Wildman–Crippen LogP) is -1.40. The van der Waals surface area contributed by atoms with E-state index in [4.69, 9.17) is 22.3 Å². The van der Waals surface area contributed by atoms with Crippen LogP contribution in [-0.2, 0) is 33.6 Å². The Labute approximate surface area is 266 Å². The van der Waals surface area contributed by atoms with Gasteiger partial charge in [0, 0.05) is 5.92 Å². The number of hydrogen-bond donors (Lipinski definition) is 8. The first kappa shape index (κ1) is 36.9. The van der Waals surface area contributed by atoms with Gasteiger partial charge in [0.05, 0.1) is 18.9 Å². The SMILES string of the molecule is CC(C)[C@H](NC(=O)[C@H](C)NC(=O)[C@H](CC(N)=O)NC(=O)[C@@H](NC(=O)[C@@H](N)CC(=O)O)C(c1ccccc1)c1ccccc1)C(N)=O. The number of nitrogens with two attached hydrogens (primary N) is 3. The third kappa shape index (κ3) is 11.0. The summed E-state index contributed by atoms with van der Waals surface area (Å²) in [5.41, 5.74) is 17.7.